The first kappa shape index (κ1) is 18.1. The molecule has 29 heavy (non-hydrogen) atoms. The summed E-state index contributed by atoms with van der Waals surface area (Å²) < 4.78 is 12.8. The van der Waals surface area contributed by atoms with Crippen LogP contribution in [-0.4, -0.2) is 31.6 Å². The van der Waals surface area contributed by atoms with E-state index in [0.717, 1.165) is 22.4 Å². The molecule has 2 atom stereocenters. The van der Waals surface area contributed by atoms with Gasteiger partial charge in [-0.25, -0.2) is 0 Å². The molecule has 0 bridgehead atoms. The molecular weight excluding hydrogens is 362 g/mol. The number of nitrogens with zero attached hydrogens (tertiary/aromatic N) is 1. The summed E-state index contributed by atoms with van der Waals surface area (Å²) >= 11 is 0. The van der Waals surface area contributed by atoms with E-state index < -0.39 is 5.60 Å². The number of hydrogen-bond donors (Lipinski definition) is 0. The zero-order chi connectivity index (χ0) is 19.5. The maximum absolute atomic E-state index is 6.84. The third kappa shape index (κ3) is 3.24. The second-order valence-electron chi connectivity index (χ2n) is 7.42. The van der Waals surface area contributed by atoms with Crippen molar-refractivity contribution in [3.05, 3.63) is 108 Å². The summed E-state index contributed by atoms with van der Waals surface area (Å²) in [5.74, 6) is 0.176. The SMILES string of the molecule is c1ccc(C(OC[C@H]2OCC3=NOCC32)(c2ccccc2)c2ccccc2)cc1. The second-order valence-corrected chi connectivity index (χ2v) is 7.42. The Morgan fingerprint density at radius 1 is 0.793 bits per heavy atom. The molecule has 4 nitrogen and oxygen atoms in total. The number of rotatable bonds is 6. The highest BCUT2D eigenvalue weighted by Crippen LogP contribution is 2.41. The Labute approximate surface area is 170 Å². The number of oxime groups is 1. The average Bonchev–Trinajstić information content (AvgIpc) is 3.41. The summed E-state index contributed by atoms with van der Waals surface area (Å²) in [6.07, 6.45) is -0.0632. The van der Waals surface area contributed by atoms with Crippen LogP contribution >= 0.6 is 0 Å². The van der Waals surface area contributed by atoms with Crippen LogP contribution in [0.25, 0.3) is 0 Å². The summed E-state index contributed by atoms with van der Waals surface area (Å²) in [6, 6.07) is 31.2. The molecule has 3 aromatic carbocycles. The topological polar surface area (TPSA) is 40.0 Å². The van der Waals surface area contributed by atoms with Crippen molar-refractivity contribution >= 4 is 5.71 Å². The van der Waals surface area contributed by atoms with Gasteiger partial charge in [-0.15, -0.1) is 0 Å². The van der Waals surface area contributed by atoms with Gasteiger partial charge in [0.05, 0.1) is 30.9 Å². The van der Waals surface area contributed by atoms with E-state index in [1.54, 1.807) is 0 Å². The molecule has 0 N–H and O–H groups in total. The molecule has 5 rings (SSSR count). The van der Waals surface area contributed by atoms with Crippen molar-refractivity contribution in [1.29, 1.82) is 0 Å². The van der Waals surface area contributed by atoms with E-state index in [-0.39, 0.29) is 12.0 Å². The van der Waals surface area contributed by atoms with Crippen LogP contribution in [0.1, 0.15) is 16.7 Å². The van der Waals surface area contributed by atoms with Crippen LogP contribution in [-0.2, 0) is 19.9 Å². The minimum absolute atomic E-state index is 0.0632. The van der Waals surface area contributed by atoms with E-state index >= 15 is 0 Å². The molecule has 2 aliphatic heterocycles. The fourth-order valence-corrected chi connectivity index (χ4v) is 4.27. The smallest absolute Gasteiger partial charge is 0.143 e. The standard InChI is InChI=1S/C25H23NO3/c1-4-10-19(11-5-1)25(20-12-6-2-7-13-20,21-14-8-3-9-15-21)28-18-24-22-16-29-26-23(22)17-27-24/h1-15,22,24H,16-18H2/t22?,24-/m1/s1. The van der Waals surface area contributed by atoms with Crippen LogP contribution in [0.5, 0.6) is 0 Å². The van der Waals surface area contributed by atoms with Gasteiger partial charge in [-0.2, -0.15) is 0 Å². The van der Waals surface area contributed by atoms with Gasteiger partial charge in [0.25, 0.3) is 0 Å². The van der Waals surface area contributed by atoms with Crippen molar-refractivity contribution in [2.75, 3.05) is 19.8 Å². The van der Waals surface area contributed by atoms with E-state index in [2.05, 4.69) is 78.0 Å². The van der Waals surface area contributed by atoms with Gasteiger partial charge in [-0.3, -0.25) is 0 Å². The van der Waals surface area contributed by atoms with Crippen LogP contribution in [0.4, 0.5) is 0 Å². The molecule has 0 radical (unpaired) electrons. The fourth-order valence-electron chi connectivity index (χ4n) is 4.27. The quantitative estimate of drug-likeness (QED) is 0.591. The van der Waals surface area contributed by atoms with Crippen molar-refractivity contribution in [2.24, 2.45) is 11.1 Å². The second kappa shape index (κ2) is 7.82. The highest BCUT2D eigenvalue weighted by Gasteiger charge is 2.43. The predicted octanol–water partition coefficient (Wildman–Crippen LogP) is 4.40. The lowest BCUT2D eigenvalue weighted by Crippen LogP contribution is -2.37. The van der Waals surface area contributed by atoms with Crippen LogP contribution in [0, 0.1) is 5.92 Å². The number of benzene rings is 3. The molecule has 0 aromatic heterocycles. The molecule has 4 heteroatoms. The molecule has 0 amide bonds. The maximum Gasteiger partial charge on any atom is 0.143 e. The highest BCUT2D eigenvalue weighted by molar-refractivity contribution is 5.90. The molecule has 1 saturated heterocycles. The lowest BCUT2D eigenvalue weighted by Gasteiger charge is -2.37. The van der Waals surface area contributed by atoms with E-state index in [9.17, 15) is 0 Å². The summed E-state index contributed by atoms with van der Waals surface area (Å²) in [5, 5.41) is 4.10. The normalized spacial score (nSPS) is 20.8. The Morgan fingerprint density at radius 3 is 1.83 bits per heavy atom. The molecule has 3 aromatic rings. The van der Waals surface area contributed by atoms with E-state index in [0.29, 0.717) is 19.8 Å². The highest BCUT2D eigenvalue weighted by atomic mass is 16.6. The number of fused-ring (bicyclic) bond motifs is 1. The van der Waals surface area contributed by atoms with Gasteiger partial charge in [0.2, 0.25) is 0 Å². The molecule has 2 heterocycles. The van der Waals surface area contributed by atoms with Crippen molar-refractivity contribution in [1.82, 2.24) is 0 Å². The van der Waals surface area contributed by atoms with Gasteiger partial charge in [-0.1, -0.05) is 96.2 Å². The zero-order valence-corrected chi connectivity index (χ0v) is 16.1. The molecule has 1 fully saturated rings. The van der Waals surface area contributed by atoms with Gasteiger partial charge < -0.3 is 14.3 Å². The zero-order valence-electron chi connectivity index (χ0n) is 16.1. The van der Waals surface area contributed by atoms with Crippen molar-refractivity contribution in [2.45, 2.75) is 11.7 Å². The third-order valence-electron chi connectivity index (χ3n) is 5.76. The van der Waals surface area contributed by atoms with Gasteiger partial charge in [0.1, 0.15) is 12.2 Å². The minimum atomic E-state index is -0.730. The van der Waals surface area contributed by atoms with Crippen LogP contribution in [0.3, 0.4) is 0 Å². The van der Waals surface area contributed by atoms with Gasteiger partial charge in [-0.05, 0) is 16.7 Å². The summed E-state index contributed by atoms with van der Waals surface area (Å²) in [4.78, 5) is 5.28. The molecule has 0 aliphatic carbocycles. The van der Waals surface area contributed by atoms with Gasteiger partial charge in [0, 0.05) is 0 Å². The summed E-state index contributed by atoms with van der Waals surface area (Å²) in [7, 11) is 0. The molecule has 1 unspecified atom stereocenters. The molecule has 0 spiro atoms. The number of ether oxygens (including phenoxy) is 2. The largest absolute Gasteiger partial charge is 0.395 e. The van der Waals surface area contributed by atoms with Crippen molar-refractivity contribution < 1.29 is 14.3 Å². The van der Waals surface area contributed by atoms with Crippen molar-refractivity contribution in [3.63, 3.8) is 0 Å². The third-order valence-corrected chi connectivity index (χ3v) is 5.76. The van der Waals surface area contributed by atoms with Gasteiger partial charge in [0.15, 0.2) is 0 Å². The van der Waals surface area contributed by atoms with Crippen molar-refractivity contribution in [3.8, 4) is 0 Å². The predicted molar refractivity (Wildman–Crippen MR) is 112 cm³/mol. The summed E-state index contributed by atoms with van der Waals surface area (Å²) in [6.45, 7) is 1.54. The Kier molecular flexibility index (Phi) is 4.88. The van der Waals surface area contributed by atoms with E-state index in [4.69, 9.17) is 14.3 Å². The fraction of sp³-hybridized carbons (Fsp3) is 0.240. The summed E-state index contributed by atoms with van der Waals surface area (Å²) in [5.41, 5.74) is 3.53. The van der Waals surface area contributed by atoms with Crippen LogP contribution < -0.4 is 0 Å². The molecular formula is C25H23NO3. The Morgan fingerprint density at radius 2 is 1.31 bits per heavy atom. The first-order valence-corrected chi connectivity index (χ1v) is 9.99. The first-order chi connectivity index (χ1) is 14.4. The van der Waals surface area contributed by atoms with Crippen LogP contribution in [0.2, 0.25) is 0 Å². The molecule has 0 saturated carbocycles. The monoisotopic (exact) mass is 385 g/mol. The number of hydrogen-bond acceptors (Lipinski definition) is 4. The molecule has 146 valence electrons. The average molecular weight is 385 g/mol. The maximum atomic E-state index is 6.84. The minimum Gasteiger partial charge on any atom is -0.395 e. The van der Waals surface area contributed by atoms with Gasteiger partial charge >= 0.3 is 0 Å². The Bertz CT molecular complexity index is 876. The lowest BCUT2D eigenvalue weighted by molar-refractivity contribution is -0.0623. The first-order valence-electron chi connectivity index (χ1n) is 9.99. The Balaban J connectivity index is 1.59. The molecule has 2 aliphatic rings. The lowest BCUT2D eigenvalue weighted by atomic mass is 9.80. The van der Waals surface area contributed by atoms with E-state index in [1.807, 2.05) is 18.2 Å². The Hall–Kier alpha value is -2.95. The van der Waals surface area contributed by atoms with Crippen LogP contribution in [0.15, 0.2) is 96.2 Å². The van der Waals surface area contributed by atoms with E-state index in [1.165, 1.54) is 0 Å².